The second kappa shape index (κ2) is 11.0. The van der Waals surface area contributed by atoms with E-state index in [9.17, 15) is 18.8 Å². The van der Waals surface area contributed by atoms with E-state index in [1.165, 1.54) is 19.2 Å². The van der Waals surface area contributed by atoms with Gasteiger partial charge in [-0.05, 0) is 36.6 Å². The van der Waals surface area contributed by atoms with Crippen LogP contribution in [0.5, 0.6) is 0 Å². The number of hydrogen-bond acceptors (Lipinski definition) is 6. The summed E-state index contributed by atoms with van der Waals surface area (Å²) in [5.74, 6) is -2.34. The number of amides is 1. The largest absolute Gasteiger partial charge is 0.465 e. The maximum Gasteiger partial charge on any atom is 0.339 e. The van der Waals surface area contributed by atoms with Gasteiger partial charge in [0.15, 0.2) is 5.78 Å². The molecule has 29 heavy (non-hydrogen) atoms. The molecule has 1 aromatic heterocycles. The van der Waals surface area contributed by atoms with Gasteiger partial charge in [0.05, 0.1) is 22.4 Å². The first-order valence-electron chi connectivity index (χ1n) is 8.85. The minimum Gasteiger partial charge on any atom is -0.465 e. The van der Waals surface area contributed by atoms with E-state index in [4.69, 9.17) is 10.5 Å². The number of thiophene rings is 1. The average molecular weight is 443 g/mol. The molecular formula is C20H24ClFN2O4S. The Bertz CT molecular complexity index is 883. The molecule has 1 atom stereocenters. The number of carbonyl (C=O) groups excluding carboxylic acids is 3. The van der Waals surface area contributed by atoms with Crippen LogP contribution in [-0.4, -0.2) is 37.9 Å². The van der Waals surface area contributed by atoms with Crippen molar-refractivity contribution >= 4 is 41.4 Å². The Morgan fingerprint density at radius 2 is 1.83 bits per heavy atom. The topological polar surface area (TPSA) is 98.5 Å². The van der Waals surface area contributed by atoms with E-state index in [-0.39, 0.29) is 46.6 Å². The Morgan fingerprint density at radius 3 is 2.34 bits per heavy atom. The maximum absolute atomic E-state index is 13.3. The van der Waals surface area contributed by atoms with E-state index in [1.807, 2.05) is 6.92 Å². The Morgan fingerprint density at radius 1 is 1.21 bits per heavy atom. The smallest absolute Gasteiger partial charge is 0.339 e. The van der Waals surface area contributed by atoms with Gasteiger partial charge in [0.2, 0.25) is 0 Å². The molecule has 0 spiro atoms. The van der Waals surface area contributed by atoms with Crippen molar-refractivity contribution in [2.24, 2.45) is 5.73 Å². The van der Waals surface area contributed by atoms with Gasteiger partial charge in [0.25, 0.3) is 5.91 Å². The van der Waals surface area contributed by atoms with E-state index in [0.29, 0.717) is 17.5 Å². The van der Waals surface area contributed by atoms with Crippen molar-refractivity contribution in [1.29, 1.82) is 0 Å². The molecule has 0 saturated carbocycles. The van der Waals surface area contributed by atoms with Crippen LogP contribution in [0.15, 0.2) is 24.3 Å². The molecule has 0 aliphatic carbocycles. The summed E-state index contributed by atoms with van der Waals surface area (Å²) in [6.07, 6.45) is 0.455. The van der Waals surface area contributed by atoms with Crippen LogP contribution in [0.25, 0.3) is 0 Å². The highest BCUT2D eigenvalue weighted by molar-refractivity contribution is 7.16. The SMILES string of the molecule is CCC(C(=O)c1sc(C(=O)NCCN)c(C)c1C(=O)OC)c1ccc(F)cc1.Cl. The highest BCUT2D eigenvalue weighted by Gasteiger charge is 2.32. The molecule has 0 bridgehead atoms. The number of nitrogens with two attached hydrogens (primary N) is 1. The summed E-state index contributed by atoms with van der Waals surface area (Å²) >= 11 is 0.961. The minimum absolute atomic E-state index is 0. The van der Waals surface area contributed by atoms with Crippen LogP contribution in [0, 0.1) is 12.7 Å². The Labute approximate surface area is 179 Å². The first kappa shape index (κ1) is 24.7. The number of rotatable bonds is 8. The highest BCUT2D eigenvalue weighted by atomic mass is 35.5. The van der Waals surface area contributed by atoms with Crippen LogP contribution in [0.4, 0.5) is 4.39 Å². The fraction of sp³-hybridized carbons (Fsp3) is 0.350. The second-order valence-corrected chi connectivity index (χ2v) is 7.19. The van der Waals surface area contributed by atoms with Crippen molar-refractivity contribution < 1.29 is 23.5 Å². The molecule has 0 aliphatic rings. The minimum atomic E-state index is -0.677. The molecule has 0 radical (unpaired) electrons. The molecule has 1 aromatic carbocycles. The summed E-state index contributed by atoms with van der Waals surface area (Å²) in [5.41, 5.74) is 6.54. The fourth-order valence-corrected chi connectivity index (χ4v) is 4.15. The highest BCUT2D eigenvalue weighted by Crippen LogP contribution is 2.34. The summed E-state index contributed by atoms with van der Waals surface area (Å²) < 4.78 is 18.1. The summed E-state index contributed by atoms with van der Waals surface area (Å²) in [7, 11) is 1.22. The predicted molar refractivity (Wildman–Crippen MR) is 113 cm³/mol. The normalized spacial score (nSPS) is 11.3. The second-order valence-electron chi connectivity index (χ2n) is 6.17. The van der Waals surface area contributed by atoms with Gasteiger partial charge in [-0.3, -0.25) is 9.59 Å². The van der Waals surface area contributed by atoms with Crippen LogP contribution < -0.4 is 11.1 Å². The molecule has 1 heterocycles. The number of esters is 1. The molecule has 0 fully saturated rings. The van der Waals surface area contributed by atoms with Gasteiger partial charge < -0.3 is 15.8 Å². The van der Waals surface area contributed by atoms with Gasteiger partial charge in [0.1, 0.15) is 5.82 Å². The van der Waals surface area contributed by atoms with Crippen LogP contribution >= 0.6 is 23.7 Å². The van der Waals surface area contributed by atoms with Gasteiger partial charge >= 0.3 is 5.97 Å². The molecule has 158 valence electrons. The van der Waals surface area contributed by atoms with E-state index in [1.54, 1.807) is 19.1 Å². The van der Waals surface area contributed by atoms with E-state index < -0.39 is 23.6 Å². The van der Waals surface area contributed by atoms with E-state index in [0.717, 1.165) is 11.3 Å². The van der Waals surface area contributed by atoms with Crippen molar-refractivity contribution in [3.8, 4) is 0 Å². The fourth-order valence-electron chi connectivity index (χ4n) is 2.94. The van der Waals surface area contributed by atoms with Crippen molar-refractivity contribution in [2.45, 2.75) is 26.2 Å². The Kier molecular flexibility index (Phi) is 9.42. The molecule has 3 N–H and O–H groups in total. The van der Waals surface area contributed by atoms with Gasteiger partial charge in [0, 0.05) is 19.0 Å². The monoisotopic (exact) mass is 442 g/mol. The number of benzene rings is 1. The van der Waals surface area contributed by atoms with Gasteiger partial charge in [-0.25, -0.2) is 9.18 Å². The molecule has 0 aliphatic heterocycles. The lowest BCUT2D eigenvalue weighted by Crippen LogP contribution is -2.28. The van der Waals surface area contributed by atoms with Crippen molar-refractivity contribution in [1.82, 2.24) is 5.32 Å². The van der Waals surface area contributed by atoms with Crippen LogP contribution in [0.2, 0.25) is 0 Å². The van der Waals surface area contributed by atoms with Gasteiger partial charge in [-0.1, -0.05) is 19.1 Å². The quantitative estimate of drug-likeness (QED) is 0.481. The summed E-state index contributed by atoms with van der Waals surface area (Å²) in [4.78, 5) is 38.4. The number of ether oxygens (including phenoxy) is 1. The molecule has 2 aromatic rings. The number of halogens is 2. The zero-order valence-electron chi connectivity index (χ0n) is 16.4. The number of nitrogens with one attached hydrogen (secondary N) is 1. The lowest BCUT2D eigenvalue weighted by atomic mass is 9.90. The van der Waals surface area contributed by atoms with Crippen LogP contribution in [-0.2, 0) is 4.74 Å². The van der Waals surface area contributed by atoms with Crippen molar-refractivity contribution in [3.63, 3.8) is 0 Å². The van der Waals surface area contributed by atoms with Crippen LogP contribution in [0.3, 0.4) is 0 Å². The first-order valence-corrected chi connectivity index (χ1v) is 9.66. The Balaban J connectivity index is 0.00000420. The van der Waals surface area contributed by atoms with E-state index >= 15 is 0 Å². The lowest BCUT2D eigenvalue weighted by Gasteiger charge is -2.14. The third-order valence-electron chi connectivity index (χ3n) is 4.39. The third kappa shape index (κ3) is 5.41. The number of carbonyl (C=O) groups is 3. The molecule has 1 unspecified atom stereocenters. The molecule has 1 amide bonds. The average Bonchev–Trinajstić information content (AvgIpc) is 3.04. The number of Topliss-reactive ketones (excluding diaryl/α,β-unsaturated/α-hetero) is 1. The summed E-state index contributed by atoms with van der Waals surface area (Å²) in [5, 5.41) is 2.65. The first-order chi connectivity index (χ1) is 13.3. The molecule has 0 saturated heterocycles. The van der Waals surface area contributed by atoms with Gasteiger partial charge in [-0.15, -0.1) is 23.7 Å². The molecule has 6 nitrogen and oxygen atoms in total. The zero-order valence-corrected chi connectivity index (χ0v) is 18.0. The summed E-state index contributed by atoms with van der Waals surface area (Å²) in [6, 6.07) is 5.68. The summed E-state index contributed by atoms with van der Waals surface area (Å²) in [6.45, 7) is 3.99. The Hall–Kier alpha value is -2.29. The number of methoxy groups -OCH3 is 1. The van der Waals surface area contributed by atoms with Crippen LogP contribution in [0.1, 0.15) is 60.1 Å². The predicted octanol–water partition coefficient (Wildman–Crippen LogP) is 3.47. The van der Waals surface area contributed by atoms with Crippen molar-refractivity contribution in [3.05, 3.63) is 56.5 Å². The van der Waals surface area contributed by atoms with Crippen molar-refractivity contribution in [2.75, 3.05) is 20.2 Å². The molecule has 9 heteroatoms. The molecular weight excluding hydrogens is 419 g/mol. The van der Waals surface area contributed by atoms with Gasteiger partial charge in [-0.2, -0.15) is 0 Å². The standard InChI is InChI=1S/C20H23FN2O4S.ClH/c1-4-14(12-5-7-13(21)8-6-12)16(24)18-15(20(26)27-3)11(2)17(28-18)19(25)23-10-9-22;/h5-8,14H,4,9-10,22H2,1-3H3,(H,23,25);1H. The number of ketones is 1. The van der Waals surface area contributed by atoms with E-state index in [2.05, 4.69) is 5.32 Å². The zero-order chi connectivity index (χ0) is 20.8. The number of hydrogen-bond donors (Lipinski definition) is 2. The lowest BCUT2D eigenvalue weighted by molar-refractivity contribution is 0.0596. The molecule has 2 rings (SSSR count). The third-order valence-corrected chi connectivity index (χ3v) is 5.70. The maximum atomic E-state index is 13.3.